The molecule has 2 heterocycles. The van der Waals surface area contributed by atoms with Gasteiger partial charge in [-0.15, -0.1) is 0 Å². The van der Waals surface area contributed by atoms with Crippen LogP contribution in [0.5, 0.6) is 0 Å². The van der Waals surface area contributed by atoms with E-state index in [1.165, 1.54) is 12.5 Å². The number of para-hydroxylation sites is 1. The van der Waals surface area contributed by atoms with Crippen molar-refractivity contribution >= 4 is 58.2 Å². The molecule has 3 aromatic rings. The van der Waals surface area contributed by atoms with Crippen LogP contribution in [0.4, 0.5) is 0 Å². The van der Waals surface area contributed by atoms with Crippen molar-refractivity contribution < 1.29 is 48.6 Å². The van der Waals surface area contributed by atoms with Gasteiger partial charge in [-0.1, -0.05) is 59.7 Å². The Hall–Kier alpha value is -6.35. The molecule has 0 saturated carbocycles. The van der Waals surface area contributed by atoms with Crippen LogP contribution in [0.3, 0.4) is 0 Å². The summed E-state index contributed by atoms with van der Waals surface area (Å²) in [6.45, 7) is 10.1. The number of nitrogens with one attached hydrogen (secondary N) is 8. The summed E-state index contributed by atoms with van der Waals surface area (Å²) in [6.07, 6.45) is 4.26. The number of imidazole rings is 1. The molecule has 352 valence electrons. The van der Waals surface area contributed by atoms with Gasteiger partial charge in [-0.05, 0) is 55.1 Å². The largest absolute Gasteiger partial charge is 0.480 e. The minimum atomic E-state index is -1.62. The first kappa shape index (κ1) is 52.0. The molecule has 0 aliphatic heterocycles. The Kier molecular flexibility index (Phi) is 20.4. The van der Waals surface area contributed by atoms with Crippen LogP contribution < -0.4 is 43.4 Å². The second-order valence-corrected chi connectivity index (χ2v) is 17.2. The Morgan fingerprint density at radius 3 is 1.62 bits per heavy atom. The number of aromatic amines is 2. The smallest absolute Gasteiger partial charge is 0.328 e. The third kappa shape index (κ3) is 16.7. The number of amides is 7. The molecule has 0 unspecified atom stereocenters. The average molecular weight is 896 g/mol. The molecule has 14 N–H and O–H groups in total. The fourth-order valence-corrected chi connectivity index (χ4v) is 6.96. The van der Waals surface area contributed by atoms with E-state index in [9.17, 15) is 48.6 Å². The van der Waals surface area contributed by atoms with E-state index in [-0.39, 0.29) is 56.3 Å². The highest BCUT2D eigenvalue weighted by atomic mass is 16.4. The van der Waals surface area contributed by atoms with Gasteiger partial charge < -0.3 is 63.5 Å². The van der Waals surface area contributed by atoms with Crippen molar-refractivity contribution in [2.45, 2.75) is 129 Å². The van der Waals surface area contributed by atoms with Crippen LogP contribution in [-0.2, 0) is 51.2 Å². The molecule has 3 rings (SSSR count). The number of nitrogens with two attached hydrogens (primary N) is 2. The van der Waals surface area contributed by atoms with E-state index in [2.05, 4.69) is 46.9 Å². The maximum Gasteiger partial charge on any atom is 0.328 e. The third-order valence-corrected chi connectivity index (χ3v) is 10.2. The molecule has 2 aromatic heterocycles. The molecular formula is C43H65N11O10. The number of aliphatic hydroxyl groups excluding tert-OH is 1. The zero-order valence-electron chi connectivity index (χ0n) is 37.2. The van der Waals surface area contributed by atoms with E-state index in [1.54, 1.807) is 26.1 Å². The first-order chi connectivity index (χ1) is 30.2. The number of primary amides is 1. The van der Waals surface area contributed by atoms with Gasteiger partial charge in [0.05, 0.1) is 19.0 Å². The number of nitrogens with zero attached hydrogens (tertiary/aromatic N) is 1. The molecule has 0 fully saturated rings. The molecule has 0 spiro atoms. The lowest BCUT2D eigenvalue weighted by Gasteiger charge is -2.28. The number of hydrogen-bond acceptors (Lipinski definition) is 11. The molecule has 64 heavy (non-hydrogen) atoms. The van der Waals surface area contributed by atoms with Gasteiger partial charge >= 0.3 is 5.97 Å². The van der Waals surface area contributed by atoms with E-state index in [1.807, 2.05) is 45.9 Å². The summed E-state index contributed by atoms with van der Waals surface area (Å²) in [4.78, 5) is 116. The second kappa shape index (κ2) is 25.1. The highest BCUT2D eigenvalue weighted by molar-refractivity contribution is 5.97. The SMILES string of the molecule is CC(C)C[C@H](NC(=O)[C@H](CC(C)C)NC(=O)[C@H](Cc1c[nH]c2ccccc12)NC(=O)[C@H](Cc1cnc[nH]1)NC(=O)[C@H](CCC(N)=O)NC(=O)[C@@H](N)CC(C)C)C(=O)N[C@@H](CO)C(=O)O. The molecule has 21 nitrogen and oxygen atoms in total. The molecule has 7 atom stereocenters. The van der Waals surface area contributed by atoms with Gasteiger partial charge in [0.25, 0.3) is 0 Å². The number of benzene rings is 1. The highest BCUT2D eigenvalue weighted by Gasteiger charge is 2.35. The van der Waals surface area contributed by atoms with Gasteiger partial charge in [-0.3, -0.25) is 33.6 Å². The van der Waals surface area contributed by atoms with Crippen molar-refractivity contribution in [3.63, 3.8) is 0 Å². The van der Waals surface area contributed by atoms with Gasteiger partial charge in [0.2, 0.25) is 41.4 Å². The molecular weight excluding hydrogens is 831 g/mol. The summed E-state index contributed by atoms with van der Waals surface area (Å²) in [5.41, 5.74) is 13.3. The van der Waals surface area contributed by atoms with E-state index in [0.717, 1.165) is 10.9 Å². The number of aromatic nitrogens is 3. The maximum atomic E-state index is 14.5. The Bertz CT molecular complexity index is 2050. The quantitative estimate of drug-likeness (QED) is 0.0456. The van der Waals surface area contributed by atoms with Crippen LogP contribution in [0.25, 0.3) is 10.9 Å². The fourth-order valence-electron chi connectivity index (χ4n) is 6.96. The van der Waals surface area contributed by atoms with E-state index in [4.69, 9.17) is 11.5 Å². The normalized spacial score (nSPS) is 14.7. The van der Waals surface area contributed by atoms with Crippen LogP contribution in [0.1, 0.15) is 84.9 Å². The summed E-state index contributed by atoms with van der Waals surface area (Å²) in [6, 6.07) is -1.86. The van der Waals surface area contributed by atoms with Crippen LogP contribution >= 0.6 is 0 Å². The van der Waals surface area contributed by atoms with Crippen molar-refractivity contribution in [3.8, 4) is 0 Å². The molecule has 0 radical (unpaired) electrons. The Balaban J connectivity index is 1.99. The summed E-state index contributed by atoms with van der Waals surface area (Å²) >= 11 is 0. The number of hydrogen-bond donors (Lipinski definition) is 12. The molecule has 0 aliphatic carbocycles. The van der Waals surface area contributed by atoms with Crippen LogP contribution in [-0.4, -0.2) is 121 Å². The lowest BCUT2D eigenvalue weighted by molar-refractivity contribution is -0.143. The van der Waals surface area contributed by atoms with E-state index >= 15 is 0 Å². The summed E-state index contributed by atoms with van der Waals surface area (Å²) in [5, 5.41) is 35.3. The topological polar surface area (TPSA) is 346 Å². The van der Waals surface area contributed by atoms with E-state index in [0.29, 0.717) is 17.7 Å². The zero-order chi connectivity index (χ0) is 47.7. The second-order valence-electron chi connectivity index (χ2n) is 17.2. The number of carboxylic acids is 1. The van der Waals surface area contributed by atoms with Crippen molar-refractivity contribution in [2.24, 2.45) is 29.2 Å². The number of fused-ring (bicyclic) bond motifs is 1. The summed E-state index contributed by atoms with van der Waals surface area (Å²) < 4.78 is 0. The van der Waals surface area contributed by atoms with Gasteiger partial charge in [0.1, 0.15) is 36.3 Å². The number of rotatable bonds is 27. The number of carboxylic acid groups (broad SMARTS) is 1. The summed E-state index contributed by atoms with van der Waals surface area (Å²) in [7, 11) is 0. The molecule has 21 heteroatoms. The minimum Gasteiger partial charge on any atom is -0.480 e. The van der Waals surface area contributed by atoms with Crippen LogP contribution in [0, 0.1) is 17.8 Å². The summed E-state index contributed by atoms with van der Waals surface area (Å²) in [5.74, 6) is -7.13. The van der Waals surface area contributed by atoms with Crippen molar-refractivity contribution in [3.05, 3.63) is 54.2 Å². The maximum absolute atomic E-state index is 14.5. The predicted octanol–water partition coefficient (Wildman–Crippen LogP) is -0.607. The van der Waals surface area contributed by atoms with Crippen molar-refractivity contribution in [1.82, 2.24) is 46.9 Å². The zero-order valence-corrected chi connectivity index (χ0v) is 37.2. The fraction of sp³-hybridized carbons (Fsp3) is 0.558. The van der Waals surface area contributed by atoms with Gasteiger partial charge in [-0.25, -0.2) is 9.78 Å². The molecule has 1 aromatic carbocycles. The van der Waals surface area contributed by atoms with Crippen LogP contribution in [0.15, 0.2) is 43.0 Å². The van der Waals surface area contributed by atoms with Crippen LogP contribution in [0.2, 0.25) is 0 Å². The Morgan fingerprint density at radius 1 is 0.641 bits per heavy atom. The van der Waals surface area contributed by atoms with Gasteiger partial charge in [0.15, 0.2) is 0 Å². The molecule has 7 amide bonds. The van der Waals surface area contributed by atoms with Gasteiger partial charge in [-0.2, -0.15) is 0 Å². The van der Waals surface area contributed by atoms with E-state index < -0.39 is 96.2 Å². The first-order valence-electron chi connectivity index (χ1n) is 21.4. The number of carbonyl (C=O) groups excluding carboxylic acids is 7. The average Bonchev–Trinajstić information content (AvgIpc) is 3.89. The molecule has 0 bridgehead atoms. The Morgan fingerprint density at radius 2 is 1.12 bits per heavy atom. The monoisotopic (exact) mass is 895 g/mol. The number of aliphatic carboxylic acids is 1. The third-order valence-electron chi connectivity index (χ3n) is 10.2. The standard InChI is InChI=1S/C43H65N11O10/c1-22(2)13-28(44)37(57)49-30(11-12-36(45)56)38(58)53-34(17-26-19-46-21-48-26)42(62)52-33(16-25-18-47-29-10-8-7-9-27(25)29)41(61)51-31(14-23(3)4)39(59)50-32(15-24(5)6)40(60)54-35(20-55)43(63)64/h7-10,18-19,21-24,28,30-35,47,55H,11-17,20,44H2,1-6H3,(H2,45,56)(H,46,48)(H,49,57)(H,50,59)(H,51,61)(H,52,62)(H,53,58)(H,54,60)(H,63,64)/t28-,30-,31-,32-,33-,34-,35-/m0/s1. The Labute approximate surface area is 371 Å². The van der Waals surface area contributed by atoms with Crippen molar-refractivity contribution in [2.75, 3.05) is 6.61 Å². The molecule has 0 saturated heterocycles. The number of carbonyl (C=O) groups is 8. The molecule has 0 aliphatic rings. The minimum absolute atomic E-state index is 0.0600. The first-order valence-corrected chi connectivity index (χ1v) is 21.4. The number of H-pyrrole nitrogens is 2. The van der Waals surface area contributed by atoms with Gasteiger partial charge in [0, 0.05) is 48.3 Å². The number of aliphatic hydroxyl groups is 1. The lowest BCUT2D eigenvalue weighted by atomic mass is 9.98. The lowest BCUT2D eigenvalue weighted by Crippen LogP contribution is -2.60. The van der Waals surface area contributed by atoms with Crippen molar-refractivity contribution in [1.29, 1.82) is 0 Å². The highest BCUT2D eigenvalue weighted by Crippen LogP contribution is 2.20. The predicted molar refractivity (Wildman–Crippen MR) is 235 cm³/mol.